The molecule has 2 fully saturated rings. The van der Waals surface area contributed by atoms with Crippen LogP contribution in [-0.2, 0) is 4.74 Å². The first-order valence-corrected chi connectivity index (χ1v) is 7.43. The maximum Gasteiger partial charge on any atom is 0.410 e. The molecule has 1 saturated carbocycles. The largest absolute Gasteiger partial charge is 0.444 e. The highest BCUT2D eigenvalue weighted by Gasteiger charge is 2.32. The summed E-state index contributed by atoms with van der Waals surface area (Å²) in [5.41, 5.74) is -0.378. The summed E-state index contributed by atoms with van der Waals surface area (Å²) < 4.78 is 5.48. The van der Waals surface area contributed by atoms with Crippen LogP contribution in [0.2, 0.25) is 0 Å². The summed E-state index contributed by atoms with van der Waals surface area (Å²) in [4.78, 5) is 14.0. The van der Waals surface area contributed by atoms with Gasteiger partial charge in [-0.1, -0.05) is 25.7 Å². The highest BCUT2D eigenvalue weighted by Crippen LogP contribution is 2.36. The topological polar surface area (TPSA) is 29.5 Å². The predicted octanol–water partition coefficient (Wildman–Crippen LogP) is 3.82. The van der Waals surface area contributed by atoms with Gasteiger partial charge in [-0.25, -0.2) is 4.79 Å². The zero-order chi connectivity index (χ0) is 13.2. The van der Waals surface area contributed by atoms with Gasteiger partial charge in [0.15, 0.2) is 0 Å². The fraction of sp³-hybridized carbons (Fsp3) is 0.933. The lowest BCUT2D eigenvalue weighted by Gasteiger charge is -2.36. The summed E-state index contributed by atoms with van der Waals surface area (Å²) in [5.74, 6) is 1.57. The van der Waals surface area contributed by atoms with Gasteiger partial charge in [0.05, 0.1) is 0 Å². The van der Waals surface area contributed by atoms with E-state index in [9.17, 15) is 4.79 Å². The molecule has 2 aliphatic rings. The van der Waals surface area contributed by atoms with E-state index in [2.05, 4.69) is 0 Å². The Morgan fingerprint density at radius 1 is 1.06 bits per heavy atom. The molecule has 0 aromatic heterocycles. The Balaban J connectivity index is 1.87. The monoisotopic (exact) mass is 253 g/mol. The van der Waals surface area contributed by atoms with Gasteiger partial charge in [0.25, 0.3) is 0 Å². The molecule has 2 rings (SSSR count). The average molecular weight is 253 g/mol. The van der Waals surface area contributed by atoms with Gasteiger partial charge in [-0.3, -0.25) is 0 Å². The zero-order valence-corrected chi connectivity index (χ0v) is 12.1. The zero-order valence-electron chi connectivity index (χ0n) is 12.1. The Hall–Kier alpha value is -0.730. The van der Waals surface area contributed by atoms with Crippen LogP contribution >= 0.6 is 0 Å². The summed E-state index contributed by atoms with van der Waals surface area (Å²) in [6.07, 6.45) is 7.82. The molecule has 1 saturated heterocycles. The lowest BCUT2D eigenvalue weighted by molar-refractivity contribution is 0.0131. The highest BCUT2D eigenvalue weighted by atomic mass is 16.6. The number of hydrogen-bond acceptors (Lipinski definition) is 2. The Bertz CT molecular complexity index is 289. The summed E-state index contributed by atoms with van der Waals surface area (Å²) in [6.45, 7) is 7.59. The van der Waals surface area contributed by atoms with E-state index in [0.29, 0.717) is 5.92 Å². The predicted molar refractivity (Wildman–Crippen MR) is 72.5 cm³/mol. The molecule has 1 aliphatic heterocycles. The molecule has 1 atom stereocenters. The number of ether oxygens (including phenoxy) is 1. The first kappa shape index (κ1) is 13.7. The van der Waals surface area contributed by atoms with Crippen molar-refractivity contribution in [1.29, 1.82) is 0 Å². The van der Waals surface area contributed by atoms with Crippen LogP contribution in [0, 0.1) is 11.8 Å². The summed E-state index contributed by atoms with van der Waals surface area (Å²) in [5, 5.41) is 0. The molecule has 0 N–H and O–H groups in total. The fourth-order valence-corrected chi connectivity index (χ4v) is 3.32. The Morgan fingerprint density at radius 2 is 1.67 bits per heavy atom. The van der Waals surface area contributed by atoms with Crippen molar-refractivity contribution < 1.29 is 9.53 Å². The minimum absolute atomic E-state index is 0.120. The molecule has 1 unspecified atom stereocenters. The van der Waals surface area contributed by atoms with Crippen LogP contribution in [0.5, 0.6) is 0 Å². The molecule has 0 spiro atoms. The number of carbonyl (C=O) groups is 1. The molecular weight excluding hydrogens is 226 g/mol. The Morgan fingerprint density at radius 3 is 2.28 bits per heavy atom. The molecule has 0 bridgehead atoms. The molecule has 18 heavy (non-hydrogen) atoms. The number of piperidine rings is 1. The van der Waals surface area contributed by atoms with E-state index in [1.807, 2.05) is 25.7 Å². The molecule has 104 valence electrons. The van der Waals surface area contributed by atoms with Gasteiger partial charge < -0.3 is 9.64 Å². The van der Waals surface area contributed by atoms with Crippen molar-refractivity contribution in [3.63, 3.8) is 0 Å². The maximum absolute atomic E-state index is 12.1. The van der Waals surface area contributed by atoms with Gasteiger partial charge in [-0.2, -0.15) is 0 Å². The minimum atomic E-state index is -0.378. The third-order valence-electron chi connectivity index (χ3n) is 4.18. The first-order valence-electron chi connectivity index (χ1n) is 7.43. The van der Waals surface area contributed by atoms with Crippen molar-refractivity contribution in [3.05, 3.63) is 0 Å². The maximum atomic E-state index is 12.1. The number of likely N-dealkylation sites (tertiary alicyclic amines) is 1. The first-order chi connectivity index (χ1) is 8.46. The van der Waals surface area contributed by atoms with Crippen molar-refractivity contribution in [2.75, 3.05) is 13.1 Å². The normalized spacial score (nSPS) is 26.4. The van der Waals surface area contributed by atoms with Crippen LogP contribution in [-0.4, -0.2) is 29.7 Å². The van der Waals surface area contributed by atoms with Crippen LogP contribution < -0.4 is 0 Å². The van der Waals surface area contributed by atoms with Gasteiger partial charge in [-0.15, -0.1) is 0 Å². The van der Waals surface area contributed by atoms with E-state index in [1.165, 1.54) is 32.1 Å². The van der Waals surface area contributed by atoms with Crippen molar-refractivity contribution in [2.45, 2.75) is 64.9 Å². The number of rotatable bonds is 1. The average Bonchev–Trinajstić information content (AvgIpc) is 2.80. The van der Waals surface area contributed by atoms with Crippen molar-refractivity contribution in [3.8, 4) is 0 Å². The summed E-state index contributed by atoms with van der Waals surface area (Å²) in [6, 6.07) is 0. The molecule has 0 aromatic carbocycles. The van der Waals surface area contributed by atoms with Gasteiger partial charge in [0.2, 0.25) is 0 Å². The number of nitrogens with zero attached hydrogens (tertiary/aromatic N) is 1. The van der Waals surface area contributed by atoms with E-state index in [4.69, 9.17) is 4.74 Å². The second-order valence-electron chi connectivity index (χ2n) is 6.87. The van der Waals surface area contributed by atoms with E-state index in [-0.39, 0.29) is 11.7 Å². The Kier molecular flexibility index (Phi) is 4.18. The molecule has 1 heterocycles. The SMILES string of the molecule is CC(C)(C)OC(=O)N1CCCC(C2CCCC2)C1. The third kappa shape index (κ3) is 3.63. The molecule has 0 aromatic rings. The van der Waals surface area contributed by atoms with E-state index < -0.39 is 0 Å². The Labute approximate surface area is 111 Å². The van der Waals surface area contributed by atoms with Gasteiger partial charge in [0, 0.05) is 13.1 Å². The van der Waals surface area contributed by atoms with Crippen LogP contribution in [0.1, 0.15) is 59.3 Å². The van der Waals surface area contributed by atoms with Crippen LogP contribution in [0.15, 0.2) is 0 Å². The minimum Gasteiger partial charge on any atom is -0.444 e. The summed E-state index contributed by atoms with van der Waals surface area (Å²) >= 11 is 0. The van der Waals surface area contributed by atoms with E-state index >= 15 is 0 Å². The second-order valence-corrected chi connectivity index (χ2v) is 6.87. The van der Waals surface area contributed by atoms with Crippen LogP contribution in [0.4, 0.5) is 4.79 Å². The number of amides is 1. The molecule has 0 radical (unpaired) electrons. The molecule has 1 amide bonds. The van der Waals surface area contributed by atoms with E-state index in [1.54, 1.807) is 0 Å². The van der Waals surface area contributed by atoms with Gasteiger partial charge in [-0.05, 0) is 45.4 Å². The van der Waals surface area contributed by atoms with Crippen molar-refractivity contribution in [1.82, 2.24) is 4.90 Å². The smallest absolute Gasteiger partial charge is 0.410 e. The quantitative estimate of drug-likeness (QED) is 0.711. The molecule has 1 aliphatic carbocycles. The molecule has 3 heteroatoms. The highest BCUT2D eigenvalue weighted by molar-refractivity contribution is 5.68. The lowest BCUT2D eigenvalue weighted by Crippen LogP contribution is -2.44. The van der Waals surface area contributed by atoms with Crippen molar-refractivity contribution in [2.24, 2.45) is 11.8 Å². The fourth-order valence-electron chi connectivity index (χ4n) is 3.32. The van der Waals surface area contributed by atoms with Gasteiger partial charge >= 0.3 is 6.09 Å². The second kappa shape index (κ2) is 5.50. The standard InChI is InChI=1S/C15H27NO2/c1-15(2,3)18-14(17)16-10-6-9-13(11-16)12-7-4-5-8-12/h12-13H,4-11H2,1-3H3. The van der Waals surface area contributed by atoms with Crippen molar-refractivity contribution >= 4 is 6.09 Å². The van der Waals surface area contributed by atoms with Crippen LogP contribution in [0.25, 0.3) is 0 Å². The number of carbonyl (C=O) groups excluding carboxylic acids is 1. The summed E-state index contributed by atoms with van der Waals surface area (Å²) in [7, 11) is 0. The van der Waals surface area contributed by atoms with Crippen LogP contribution in [0.3, 0.4) is 0 Å². The lowest BCUT2D eigenvalue weighted by atomic mass is 9.84. The van der Waals surface area contributed by atoms with Gasteiger partial charge in [0.1, 0.15) is 5.60 Å². The third-order valence-corrected chi connectivity index (χ3v) is 4.18. The molecule has 3 nitrogen and oxygen atoms in total. The molecular formula is C15H27NO2. The number of hydrogen-bond donors (Lipinski definition) is 0. The van der Waals surface area contributed by atoms with E-state index in [0.717, 1.165) is 25.4 Å².